The molecule has 3 amide bonds. The van der Waals surface area contributed by atoms with Gasteiger partial charge in [-0.2, -0.15) is 0 Å². The van der Waals surface area contributed by atoms with Crippen LogP contribution in [0.2, 0.25) is 0 Å². The van der Waals surface area contributed by atoms with Crippen LogP contribution >= 0.6 is 0 Å². The molecule has 6 heteroatoms. The van der Waals surface area contributed by atoms with Gasteiger partial charge in [-0.05, 0) is 56.8 Å². The number of Topliss-reactive ketones (excluding diaryl/α,β-unsaturated/α-hetero) is 1. The molecule has 2 N–H and O–H groups in total. The minimum atomic E-state index is -0.605. The van der Waals surface area contributed by atoms with Crippen LogP contribution in [0.5, 0.6) is 0 Å². The van der Waals surface area contributed by atoms with Crippen LogP contribution < -0.4 is 10.6 Å². The van der Waals surface area contributed by atoms with Gasteiger partial charge in [-0.15, -0.1) is 0 Å². The van der Waals surface area contributed by atoms with Gasteiger partial charge >= 0.3 is 6.03 Å². The number of carbonyl (C=O) groups is 3. The zero-order valence-electron chi connectivity index (χ0n) is 18.6. The maximum Gasteiger partial charge on any atom is 0.316 e. The fourth-order valence-electron chi connectivity index (χ4n) is 4.90. The molecule has 1 heterocycles. The van der Waals surface area contributed by atoms with E-state index in [-0.39, 0.29) is 35.6 Å². The fourth-order valence-corrected chi connectivity index (χ4v) is 4.90. The SMILES string of the molecule is CC1CCCN1C(=O)C(NC(=O)NC(C(=O)C1CC1)C1CCCCC1)C(C)(C)C. The first-order valence-corrected chi connectivity index (χ1v) is 11.6. The van der Waals surface area contributed by atoms with E-state index in [2.05, 4.69) is 17.6 Å². The van der Waals surface area contributed by atoms with Gasteiger partial charge in [0.25, 0.3) is 0 Å². The maximum atomic E-state index is 13.2. The van der Waals surface area contributed by atoms with Crippen LogP contribution in [0.25, 0.3) is 0 Å². The topological polar surface area (TPSA) is 78.5 Å². The summed E-state index contributed by atoms with van der Waals surface area (Å²) in [6.07, 6.45) is 9.36. The van der Waals surface area contributed by atoms with Crippen molar-refractivity contribution in [1.82, 2.24) is 15.5 Å². The number of rotatable bonds is 6. The van der Waals surface area contributed by atoms with Gasteiger partial charge < -0.3 is 15.5 Å². The monoisotopic (exact) mass is 405 g/mol. The van der Waals surface area contributed by atoms with Crippen LogP contribution in [0.15, 0.2) is 0 Å². The second-order valence-corrected chi connectivity index (χ2v) is 10.5. The van der Waals surface area contributed by atoms with Crippen LogP contribution in [0.3, 0.4) is 0 Å². The maximum absolute atomic E-state index is 13.2. The predicted octanol–water partition coefficient (Wildman–Crippen LogP) is 3.64. The van der Waals surface area contributed by atoms with Crippen molar-refractivity contribution in [3.05, 3.63) is 0 Å². The van der Waals surface area contributed by atoms with Crippen molar-refractivity contribution in [3.63, 3.8) is 0 Å². The Morgan fingerprint density at radius 3 is 2.07 bits per heavy atom. The van der Waals surface area contributed by atoms with Crippen LogP contribution in [0.4, 0.5) is 4.79 Å². The zero-order valence-corrected chi connectivity index (χ0v) is 18.6. The van der Waals surface area contributed by atoms with Gasteiger partial charge in [0.2, 0.25) is 5.91 Å². The molecule has 3 fully saturated rings. The Labute approximate surface area is 175 Å². The lowest BCUT2D eigenvalue weighted by Crippen LogP contribution is -2.59. The Morgan fingerprint density at radius 2 is 1.55 bits per heavy atom. The first kappa shape index (κ1) is 22.1. The second-order valence-electron chi connectivity index (χ2n) is 10.5. The number of carbonyl (C=O) groups excluding carboxylic acids is 3. The first-order valence-electron chi connectivity index (χ1n) is 11.6. The first-order chi connectivity index (χ1) is 13.7. The Morgan fingerprint density at radius 1 is 0.897 bits per heavy atom. The van der Waals surface area contributed by atoms with Crippen LogP contribution in [0.1, 0.15) is 85.5 Å². The molecule has 3 aliphatic rings. The summed E-state index contributed by atoms with van der Waals surface area (Å²) in [6, 6.07) is -1.19. The largest absolute Gasteiger partial charge is 0.338 e. The third kappa shape index (κ3) is 5.52. The van der Waals surface area contributed by atoms with E-state index in [0.717, 1.165) is 57.9 Å². The highest BCUT2D eigenvalue weighted by Crippen LogP contribution is 2.35. The summed E-state index contributed by atoms with van der Waals surface area (Å²) in [4.78, 5) is 40.9. The lowest BCUT2D eigenvalue weighted by molar-refractivity contribution is -0.136. The van der Waals surface area contributed by atoms with Crippen molar-refractivity contribution in [1.29, 1.82) is 0 Å². The van der Waals surface area contributed by atoms with Crippen molar-refractivity contribution in [2.24, 2.45) is 17.3 Å². The number of likely N-dealkylation sites (tertiary alicyclic amines) is 1. The summed E-state index contributed by atoms with van der Waals surface area (Å²) in [5, 5.41) is 5.94. The predicted molar refractivity (Wildman–Crippen MR) is 113 cm³/mol. The van der Waals surface area contributed by atoms with Gasteiger partial charge in [0.15, 0.2) is 5.78 Å². The van der Waals surface area contributed by atoms with E-state index in [1.54, 1.807) is 0 Å². The lowest BCUT2D eigenvalue weighted by atomic mass is 9.81. The number of ketones is 1. The molecule has 1 aliphatic heterocycles. The molecule has 0 spiro atoms. The molecule has 0 aromatic heterocycles. The molecule has 1 saturated heterocycles. The number of amides is 3. The lowest BCUT2D eigenvalue weighted by Gasteiger charge is -2.36. The molecule has 3 rings (SSSR count). The van der Waals surface area contributed by atoms with Gasteiger partial charge in [-0.1, -0.05) is 40.0 Å². The summed E-state index contributed by atoms with van der Waals surface area (Å²) in [5.74, 6) is 0.525. The molecule has 3 atom stereocenters. The molecule has 3 unspecified atom stereocenters. The summed E-state index contributed by atoms with van der Waals surface area (Å²) in [7, 11) is 0. The van der Waals surface area contributed by atoms with Gasteiger partial charge in [-0.25, -0.2) is 4.79 Å². The van der Waals surface area contributed by atoms with E-state index in [1.165, 1.54) is 6.42 Å². The molecule has 0 radical (unpaired) electrons. The summed E-state index contributed by atoms with van der Waals surface area (Å²) >= 11 is 0. The molecule has 29 heavy (non-hydrogen) atoms. The molecule has 164 valence electrons. The van der Waals surface area contributed by atoms with Gasteiger partial charge in [0, 0.05) is 18.5 Å². The highest BCUT2D eigenvalue weighted by molar-refractivity contribution is 5.93. The van der Waals surface area contributed by atoms with Crippen LogP contribution in [-0.4, -0.2) is 47.3 Å². The number of nitrogens with zero attached hydrogens (tertiary/aromatic N) is 1. The number of hydrogen-bond acceptors (Lipinski definition) is 3. The van der Waals surface area contributed by atoms with Crippen molar-refractivity contribution in [3.8, 4) is 0 Å². The third-order valence-electron chi connectivity index (χ3n) is 6.92. The van der Waals surface area contributed by atoms with E-state index < -0.39 is 17.5 Å². The smallest absolute Gasteiger partial charge is 0.316 e. The normalized spacial score (nSPS) is 25.4. The summed E-state index contributed by atoms with van der Waals surface area (Å²) in [5.41, 5.74) is -0.405. The Bertz CT molecular complexity index is 617. The summed E-state index contributed by atoms with van der Waals surface area (Å²) in [6.45, 7) is 8.75. The van der Waals surface area contributed by atoms with Crippen molar-refractivity contribution >= 4 is 17.7 Å². The van der Waals surface area contributed by atoms with Crippen molar-refractivity contribution < 1.29 is 14.4 Å². The van der Waals surface area contributed by atoms with Gasteiger partial charge in [0.05, 0.1) is 6.04 Å². The molecule has 0 aromatic carbocycles. The van der Waals surface area contributed by atoms with E-state index in [0.29, 0.717) is 0 Å². The molecular weight excluding hydrogens is 366 g/mol. The van der Waals surface area contributed by atoms with E-state index in [9.17, 15) is 14.4 Å². The van der Waals surface area contributed by atoms with Crippen LogP contribution in [0, 0.1) is 17.3 Å². The Hall–Kier alpha value is -1.59. The fraction of sp³-hybridized carbons (Fsp3) is 0.870. The minimum absolute atomic E-state index is 0.0135. The molecule has 2 saturated carbocycles. The quantitative estimate of drug-likeness (QED) is 0.708. The van der Waals surface area contributed by atoms with Crippen molar-refractivity contribution in [2.75, 3.05) is 6.54 Å². The highest BCUT2D eigenvalue weighted by Gasteiger charge is 2.42. The Kier molecular flexibility index (Phi) is 6.90. The molecule has 2 aliphatic carbocycles. The highest BCUT2D eigenvalue weighted by atomic mass is 16.2. The summed E-state index contributed by atoms with van der Waals surface area (Å²) < 4.78 is 0. The number of hydrogen-bond donors (Lipinski definition) is 2. The standard InChI is InChI=1S/C23H39N3O3/c1-15-9-8-14-26(15)21(28)20(23(2,3)4)25-22(29)24-18(19(27)17-12-13-17)16-10-6-5-7-11-16/h15-18,20H,5-14H2,1-4H3,(H2,24,25,29). The second kappa shape index (κ2) is 9.05. The Balaban J connectivity index is 1.68. The molecule has 6 nitrogen and oxygen atoms in total. The van der Waals surface area contributed by atoms with E-state index in [4.69, 9.17) is 0 Å². The van der Waals surface area contributed by atoms with Gasteiger partial charge in [0.1, 0.15) is 6.04 Å². The van der Waals surface area contributed by atoms with E-state index >= 15 is 0 Å². The molecular formula is C23H39N3O3. The van der Waals surface area contributed by atoms with Crippen molar-refractivity contribution in [2.45, 2.75) is 104 Å². The molecule has 0 bridgehead atoms. The zero-order chi connectivity index (χ0) is 21.2. The third-order valence-corrected chi connectivity index (χ3v) is 6.92. The average Bonchev–Trinajstić information content (AvgIpc) is 3.44. The molecule has 0 aromatic rings. The van der Waals surface area contributed by atoms with Crippen LogP contribution in [-0.2, 0) is 9.59 Å². The number of nitrogens with one attached hydrogen (secondary N) is 2. The van der Waals surface area contributed by atoms with Gasteiger partial charge in [-0.3, -0.25) is 9.59 Å². The minimum Gasteiger partial charge on any atom is -0.338 e. The number of urea groups is 1. The van der Waals surface area contributed by atoms with E-state index in [1.807, 2.05) is 25.7 Å². The average molecular weight is 406 g/mol.